The first kappa shape index (κ1) is 14.6. The third kappa shape index (κ3) is 3.28. The zero-order valence-corrected chi connectivity index (χ0v) is 12.3. The van der Waals surface area contributed by atoms with E-state index in [2.05, 4.69) is 44.9 Å². The number of ether oxygens (including phenoxy) is 1. The van der Waals surface area contributed by atoms with Crippen LogP contribution in [-0.2, 0) is 4.74 Å². The Kier molecular flexibility index (Phi) is 5.76. The van der Waals surface area contributed by atoms with Gasteiger partial charge in [-0.05, 0) is 38.8 Å². The van der Waals surface area contributed by atoms with Gasteiger partial charge in [0.1, 0.15) is 5.76 Å². The summed E-state index contributed by atoms with van der Waals surface area (Å²) >= 11 is 0. The highest BCUT2D eigenvalue weighted by atomic mass is 16.5. The van der Waals surface area contributed by atoms with Crippen molar-refractivity contribution in [2.24, 2.45) is 0 Å². The van der Waals surface area contributed by atoms with Crippen LogP contribution in [0.2, 0.25) is 0 Å². The second-order valence-corrected chi connectivity index (χ2v) is 4.54. The second-order valence-electron chi connectivity index (χ2n) is 4.54. The molecule has 100 valence electrons. The fraction of sp³-hybridized carbons (Fsp3) is 0.500. The molecule has 0 spiro atoms. The van der Waals surface area contributed by atoms with Crippen molar-refractivity contribution in [3.05, 3.63) is 47.2 Å². The summed E-state index contributed by atoms with van der Waals surface area (Å²) in [4.78, 5) is 2.23. The summed E-state index contributed by atoms with van der Waals surface area (Å²) in [5.74, 6) is 0.939. The molecule has 0 unspecified atom stereocenters. The molecule has 0 aliphatic carbocycles. The van der Waals surface area contributed by atoms with E-state index in [9.17, 15) is 0 Å². The van der Waals surface area contributed by atoms with Gasteiger partial charge in [-0.3, -0.25) is 0 Å². The van der Waals surface area contributed by atoms with Crippen LogP contribution in [0.3, 0.4) is 0 Å². The Balaban J connectivity index is 3.11. The van der Waals surface area contributed by atoms with E-state index in [1.807, 2.05) is 12.2 Å². The molecule has 0 fully saturated rings. The highest BCUT2D eigenvalue weighted by Crippen LogP contribution is 2.27. The first-order chi connectivity index (χ1) is 8.65. The summed E-state index contributed by atoms with van der Waals surface area (Å²) in [6, 6.07) is 0. The topological polar surface area (TPSA) is 12.5 Å². The third-order valence-corrected chi connectivity index (χ3v) is 3.35. The number of rotatable bonds is 5. The fourth-order valence-corrected chi connectivity index (χ4v) is 1.91. The van der Waals surface area contributed by atoms with Gasteiger partial charge in [-0.2, -0.15) is 0 Å². The van der Waals surface area contributed by atoms with Crippen molar-refractivity contribution in [1.29, 1.82) is 0 Å². The van der Waals surface area contributed by atoms with E-state index in [0.29, 0.717) is 0 Å². The molecular weight excluding hydrogens is 222 g/mol. The lowest BCUT2D eigenvalue weighted by Gasteiger charge is -2.29. The molecule has 0 saturated carbocycles. The molecule has 1 heterocycles. The molecule has 0 aromatic rings. The first-order valence-corrected chi connectivity index (χ1v) is 6.74. The van der Waals surface area contributed by atoms with Gasteiger partial charge in [0, 0.05) is 11.9 Å². The largest absolute Gasteiger partial charge is 0.495 e. The first-order valence-electron chi connectivity index (χ1n) is 6.74. The monoisotopic (exact) mass is 247 g/mol. The lowest BCUT2D eigenvalue weighted by molar-refractivity contribution is 0.281. The van der Waals surface area contributed by atoms with Crippen LogP contribution in [0.25, 0.3) is 0 Å². The summed E-state index contributed by atoms with van der Waals surface area (Å²) < 4.78 is 5.47. The number of methoxy groups -OCH3 is 1. The van der Waals surface area contributed by atoms with E-state index in [0.717, 1.165) is 30.7 Å². The number of hydrogen-bond acceptors (Lipinski definition) is 2. The molecule has 0 aromatic heterocycles. The minimum atomic E-state index is 0.939. The lowest BCUT2D eigenvalue weighted by Crippen LogP contribution is -2.20. The van der Waals surface area contributed by atoms with E-state index in [4.69, 9.17) is 4.74 Å². The number of unbranched alkanes of at least 4 members (excludes halogenated alkanes) is 1. The third-order valence-electron chi connectivity index (χ3n) is 3.35. The molecule has 2 heteroatoms. The van der Waals surface area contributed by atoms with Crippen LogP contribution in [-0.4, -0.2) is 12.0 Å². The van der Waals surface area contributed by atoms with Gasteiger partial charge in [0.05, 0.1) is 12.8 Å². The smallest absolute Gasteiger partial charge is 0.142 e. The number of nitrogens with zero attached hydrogens (tertiary/aromatic N) is 1. The Morgan fingerprint density at radius 1 is 1.33 bits per heavy atom. The van der Waals surface area contributed by atoms with Crippen molar-refractivity contribution in [1.82, 2.24) is 4.90 Å². The van der Waals surface area contributed by atoms with Gasteiger partial charge < -0.3 is 9.64 Å². The second kappa shape index (κ2) is 7.10. The molecule has 1 aliphatic heterocycles. The molecule has 0 N–H and O–H groups in total. The van der Waals surface area contributed by atoms with Gasteiger partial charge in [-0.15, -0.1) is 0 Å². The van der Waals surface area contributed by atoms with Crippen LogP contribution in [0.4, 0.5) is 0 Å². The highest BCUT2D eigenvalue weighted by Gasteiger charge is 2.17. The number of allylic oxidation sites excluding steroid dienone is 5. The average molecular weight is 247 g/mol. The maximum atomic E-state index is 5.47. The highest BCUT2D eigenvalue weighted by molar-refractivity contribution is 5.37. The summed E-state index contributed by atoms with van der Waals surface area (Å²) in [5, 5.41) is 0. The molecule has 2 nitrogen and oxygen atoms in total. The van der Waals surface area contributed by atoms with Crippen LogP contribution >= 0.6 is 0 Å². The quantitative estimate of drug-likeness (QED) is 0.696. The lowest BCUT2D eigenvalue weighted by atomic mass is 10.1. The Morgan fingerprint density at radius 3 is 2.61 bits per heavy atom. The van der Waals surface area contributed by atoms with Crippen molar-refractivity contribution in [2.75, 3.05) is 7.11 Å². The summed E-state index contributed by atoms with van der Waals surface area (Å²) in [6.45, 7) is 8.73. The van der Waals surface area contributed by atoms with E-state index in [1.54, 1.807) is 7.11 Å². The number of hydrogen-bond donors (Lipinski definition) is 0. The van der Waals surface area contributed by atoms with Crippen molar-refractivity contribution < 1.29 is 4.74 Å². The van der Waals surface area contributed by atoms with Crippen molar-refractivity contribution in [3.8, 4) is 0 Å². The summed E-state index contributed by atoms with van der Waals surface area (Å²) in [7, 11) is 1.73. The standard InChI is InChI=1S/C16H25NO/c1-6-8-10-15-16(18-5)11-9-12-17(15)14(4)13(3)7-2/h9-12H,6-8H2,1-5H3/b14-13+,15-10+. The molecule has 0 atom stereocenters. The van der Waals surface area contributed by atoms with Gasteiger partial charge in [0.25, 0.3) is 0 Å². The van der Waals surface area contributed by atoms with Crippen LogP contribution < -0.4 is 0 Å². The van der Waals surface area contributed by atoms with Gasteiger partial charge >= 0.3 is 0 Å². The molecular formula is C16H25NO. The van der Waals surface area contributed by atoms with Crippen LogP contribution in [0, 0.1) is 0 Å². The van der Waals surface area contributed by atoms with E-state index in [1.165, 1.54) is 11.3 Å². The van der Waals surface area contributed by atoms with Crippen LogP contribution in [0.1, 0.15) is 47.0 Å². The fourth-order valence-electron chi connectivity index (χ4n) is 1.91. The minimum absolute atomic E-state index is 0.939. The Hall–Kier alpha value is -1.44. The maximum Gasteiger partial charge on any atom is 0.142 e. The predicted octanol–water partition coefficient (Wildman–Crippen LogP) is 4.73. The SMILES string of the molecule is CCC/C=C1\C(OC)=CC=CN1/C(C)=C(\C)CC. The Bertz CT molecular complexity index is 399. The summed E-state index contributed by atoms with van der Waals surface area (Å²) in [6.07, 6.45) is 11.7. The average Bonchev–Trinajstić information content (AvgIpc) is 2.42. The molecule has 0 bridgehead atoms. The summed E-state index contributed by atoms with van der Waals surface area (Å²) in [5.41, 5.74) is 3.85. The van der Waals surface area contributed by atoms with E-state index < -0.39 is 0 Å². The molecule has 0 saturated heterocycles. The molecule has 0 radical (unpaired) electrons. The Morgan fingerprint density at radius 2 is 2.06 bits per heavy atom. The van der Waals surface area contributed by atoms with Gasteiger partial charge in [-0.1, -0.05) is 31.9 Å². The van der Waals surface area contributed by atoms with E-state index in [-0.39, 0.29) is 0 Å². The van der Waals surface area contributed by atoms with E-state index >= 15 is 0 Å². The predicted molar refractivity (Wildman–Crippen MR) is 77.7 cm³/mol. The van der Waals surface area contributed by atoms with Gasteiger partial charge in [0.15, 0.2) is 0 Å². The van der Waals surface area contributed by atoms with Crippen LogP contribution in [0.5, 0.6) is 0 Å². The van der Waals surface area contributed by atoms with Crippen molar-refractivity contribution in [2.45, 2.75) is 47.0 Å². The van der Waals surface area contributed by atoms with Gasteiger partial charge in [0.2, 0.25) is 0 Å². The molecule has 0 aromatic carbocycles. The molecule has 1 aliphatic rings. The van der Waals surface area contributed by atoms with Gasteiger partial charge in [-0.25, -0.2) is 0 Å². The molecule has 0 amide bonds. The Labute approximate surface area is 111 Å². The normalized spacial score (nSPS) is 18.8. The molecule has 1 rings (SSSR count). The molecule has 18 heavy (non-hydrogen) atoms. The maximum absolute atomic E-state index is 5.47. The van der Waals surface area contributed by atoms with Crippen molar-refractivity contribution in [3.63, 3.8) is 0 Å². The van der Waals surface area contributed by atoms with Crippen molar-refractivity contribution >= 4 is 0 Å². The zero-order chi connectivity index (χ0) is 13.5. The zero-order valence-electron chi connectivity index (χ0n) is 12.3. The van der Waals surface area contributed by atoms with Crippen LogP contribution in [0.15, 0.2) is 47.2 Å². The minimum Gasteiger partial charge on any atom is -0.495 e.